The molecule has 2 atom stereocenters. The van der Waals surface area contributed by atoms with Gasteiger partial charge >= 0.3 is 0 Å². The van der Waals surface area contributed by atoms with E-state index in [4.69, 9.17) is 9.47 Å². The molecule has 1 aromatic carbocycles. The molecule has 1 aliphatic heterocycles. The molecule has 1 aromatic rings. The van der Waals surface area contributed by atoms with E-state index in [0.717, 1.165) is 0 Å². The summed E-state index contributed by atoms with van der Waals surface area (Å²) in [6, 6.07) is 4.31. The fourth-order valence-corrected chi connectivity index (χ4v) is 3.94. The maximum Gasteiger partial charge on any atom is 0.263 e. The number of nitrogens with one attached hydrogen (secondary N) is 1. The molecule has 8 heteroatoms. The first-order chi connectivity index (χ1) is 10.8. The lowest BCUT2D eigenvalue weighted by Crippen LogP contribution is -2.98. The van der Waals surface area contributed by atoms with E-state index in [-0.39, 0.29) is 11.5 Å². The number of ether oxygens (including phenoxy) is 2. The van der Waals surface area contributed by atoms with Gasteiger partial charge in [-0.15, -0.1) is 0 Å². The molecule has 23 heavy (non-hydrogen) atoms. The van der Waals surface area contributed by atoms with E-state index in [2.05, 4.69) is 5.32 Å². The molecule has 0 aliphatic carbocycles. The van der Waals surface area contributed by atoms with Gasteiger partial charge in [-0.3, -0.25) is 10.1 Å². The number of quaternary nitrogens is 1. The standard InChI is InChI=1S/C15H20N2O5S/c1-15(2)11(13(19)20)16-14(23-15)17-12(18)10-8(21-3)6-5-7-9(10)22-4/h5-7,11,14,16H,1-4H3,(H,17,18)(H,19,20)/t11-,14-/m1/s1. The van der Waals surface area contributed by atoms with Crippen LogP contribution in [0.25, 0.3) is 0 Å². The van der Waals surface area contributed by atoms with E-state index >= 15 is 0 Å². The first-order valence-corrected chi connectivity index (χ1v) is 7.93. The molecule has 0 saturated carbocycles. The van der Waals surface area contributed by atoms with Crippen LogP contribution in [0.2, 0.25) is 0 Å². The summed E-state index contributed by atoms with van der Waals surface area (Å²) >= 11 is 1.36. The lowest BCUT2D eigenvalue weighted by molar-refractivity contribution is -0.692. The molecule has 1 amide bonds. The number of aliphatic carboxylic acids is 1. The van der Waals surface area contributed by atoms with Crippen molar-refractivity contribution in [2.45, 2.75) is 30.1 Å². The van der Waals surface area contributed by atoms with Crippen LogP contribution in [-0.4, -0.2) is 42.4 Å². The van der Waals surface area contributed by atoms with Crippen molar-refractivity contribution in [3.8, 4) is 11.5 Å². The Labute approximate surface area is 138 Å². The van der Waals surface area contributed by atoms with Crippen LogP contribution in [0.5, 0.6) is 11.5 Å². The van der Waals surface area contributed by atoms with Gasteiger partial charge in [-0.2, -0.15) is 0 Å². The Hall–Kier alpha value is -1.93. The Balaban J connectivity index is 2.19. The van der Waals surface area contributed by atoms with Crippen molar-refractivity contribution < 1.29 is 29.5 Å². The Bertz CT molecular complexity index is 598. The van der Waals surface area contributed by atoms with E-state index in [0.29, 0.717) is 11.5 Å². The van der Waals surface area contributed by atoms with Gasteiger partial charge in [0, 0.05) is 0 Å². The predicted molar refractivity (Wildman–Crippen MR) is 83.2 cm³/mol. The third-order valence-corrected chi connectivity index (χ3v) is 5.12. The van der Waals surface area contributed by atoms with Crippen LogP contribution in [0.1, 0.15) is 24.2 Å². The molecular formula is C15H20N2O5S. The maximum atomic E-state index is 12.6. The van der Waals surface area contributed by atoms with Crippen molar-refractivity contribution in [3.05, 3.63) is 23.8 Å². The van der Waals surface area contributed by atoms with Crippen molar-refractivity contribution in [3.63, 3.8) is 0 Å². The number of amides is 1. The van der Waals surface area contributed by atoms with Gasteiger partial charge in [-0.1, -0.05) is 17.8 Å². The fraction of sp³-hybridized carbons (Fsp3) is 0.467. The van der Waals surface area contributed by atoms with Crippen LogP contribution in [0.15, 0.2) is 18.2 Å². The third kappa shape index (κ3) is 3.53. The van der Waals surface area contributed by atoms with E-state index in [1.165, 1.54) is 26.0 Å². The number of benzene rings is 1. The third-order valence-electron chi connectivity index (χ3n) is 3.73. The van der Waals surface area contributed by atoms with Crippen LogP contribution in [0, 0.1) is 0 Å². The normalized spacial score (nSPS) is 22.4. The number of nitrogens with two attached hydrogens (primary N) is 1. The topological polar surface area (TPSA) is 104 Å². The zero-order valence-electron chi connectivity index (χ0n) is 13.4. The predicted octanol–water partition coefficient (Wildman–Crippen LogP) is -1.08. The second kappa shape index (κ2) is 6.67. The average Bonchev–Trinajstić information content (AvgIpc) is 2.80. The summed E-state index contributed by atoms with van der Waals surface area (Å²) in [6.45, 7) is 3.62. The number of rotatable bonds is 5. The molecule has 1 fully saturated rings. The molecule has 7 nitrogen and oxygen atoms in total. The number of carbonyl (C=O) groups is 2. The van der Waals surface area contributed by atoms with Crippen molar-refractivity contribution in [2.75, 3.05) is 14.2 Å². The molecule has 2 rings (SSSR count). The largest absolute Gasteiger partial charge is 0.544 e. The maximum absolute atomic E-state index is 12.6. The smallest absolute Gasteiger partial charge is 0.263 e. The summed E-state index contributed by atoms with van der Waals surface area (Å²) in [5, 5.41) is 15.6. The van der Waals surface area contributed by atoms with Crippen molar-refractivity contribution >= 4 is 23.6 Å². The highest BCUT2D eigenvalue weighted by atomic mass is 32.2. The van der Waals surface area contributed by atoms with E-state index in [1.54, 1.807) is 23.5 Å². The van der Waals surface area contributed by atoms with E-state index in [1.807, 2.05) is 13.8 Å². The molecule has 1 heterocycles. The first-order valence-electron chi connectivity index (χ1n) is 7.05. The molecule has 126 valence electrons. The van der Waals surface area contributed by atoms with Gasteiger partial charge in [0.15, 0.2) is 0 Å². The van der Waals surface area contributed by atoms with Gasteiger partial charge in [0.1, 0.15) is 29.1 Å². The minimum atomic E-state index is -1.14. The van der Waals surface area contributed by atoms with E-state index < -0.39 is 22.3 Å². The van der Waals surface area contributed by atoms with Crippen molar-refractivity contribution in [1.29, 1.82) is 0 Å². The monoisotopic (exact) mass is 340 g/mol. The quantitative estimate of drug-likeness (QED) is 0.707. The number of carbonyl (C=O) groups excluding carboxylic acids is 2. The van der Waals surface area contributed by atoms with Gasteiger partial charge in [0.2, 0.25) is 5.50 Å². The zero-order chi connectivity index (χ0) is 17.2. The number of thioether (sulfide) groups is 1. The summed E-state index contributed by atoms with van der Waals surface area (Å²) in [4.78, 5) is 23.8. The van der Waals surface area contributed by atoms with Crippen LogP contribution in [-0.2, 0) is 4.79 Å². The second-order valence-corrected chi connectivity index (χ2v) is 7.44. The SMILES string of the molecule is COc1cccc(OC)c1C(=O)N[C@H]1[NH2+][C@H](C(=O)[O-])C(C)(C)S1. The van der Waals surface area contributed by atoms with Gasteiger partial charge < -0.3 is 24.7 Å². The summed E-state index contributed by atoms with van der Waals surface area (Å²) in [5.41, 5.74) is -0.156. The Morgan fingerprint density at radius 1 is 1.26 bits per heavy atom. The minimum absolute atomic E-state index is 0.279. The minimum Gasteiger partial charge on any atom is -0.544 e. The molecule has 3 N–H and O–H groups in total. The molecule has 1 aliphatic rings. The summed E-state index contributed by atoms with van der Waals surface area (Å²) in [6.07, 6.45) is 0. The fourth-order valence-electron chi connectivity index (χ4n) is 2.56. The molecule has 1 saturated heterocycles. The van der Waals surface area contributed by atoms with Crippen LogP contribution >= 0.6 is 11.8 Å². The lowest BCUT2D eigenvalue weighted by atomic mass is 10.0. The number of carboxylic acids is 1. The van der Waals surface area contributed by atoms with Crippen LogP contribution < -0.4 is 25.2 Å². The number of carboxylic acid groups (broad SMARTS) is 1. The highest BCUT2D eigenvalue weighted by Gasteiger charge is 2.46. The molecule has 0 bridgehead atoms. The molecule has 0 unspecified atom stereocenters. The van der Waals surface area contributed by atoms with Gasteiger partial charge in [0.25, 0.3) is 5.91 Å². The van der Waals surface area contributed by atoms with Gasteiger partial charge in [-0.25, -0.2) is 0 Å². The summed E-state index contributed by atoms with van der Waals surface area (Å²) in [7, 11) is 2.94. The van der Waals surface area contributed by atoms with Crippen molar-refractivity contribution in [2.24, 2.45) is 0 Å². The summed E-state index contributed by atoms with van der Waals surface area (Å²) in [5.74, 6) is -0.752. The van der Waals surface area contributed by atoms with Gasteiger partial charge in [0.05, 0.1) is 19.0 Å². The van der Waals surface area contributed by atoms with Crippen LogP contribution in [0.3, 0.4) is 0 Å². The highest BCUT2D eigenvalue weighted by Crippen LogP contribution is 2.33. The number of hydrogen-bond acceptors (Lipinski definition) is 6. The Kier molecular flexibility index (Phi) is 5.06. The highest BCUT2D eigenvalue weighted by molar-refractivity contribution is 8.01. The van der Waals surface area contributed by atoms with Crippen molar-refractivity contribution in [1.82, 2.24) is 5.32 Å². The average molecular weight is 340 g/mol. The van der Waals surface area contributed by atoms with Crippen LogP contribution in [0.4, 0.5) is 0 Å². The lowest BCUT2D eigenvalue weighted by Gasteiger charge is -2.21. The molecule has 0 aromatic heterocycles. The molecule has 0 radical (unpaired) electrons. The first kappa shape index (κ1) is 17.4. The van der Waals surface area contributed by atoms with E-state index in [9.17, 15) is 14.7 Å². The number of hydrogen-bond donors (Lipinski definition) is 2. The molecule has 0 spiro atoms. The Morgan fingerprint density at radius 3 is 2.26 bits per heavy atom. The number of methoxy groups -OCH3 is 2. The second-order valence-electron chi connectivity index (χ2n) is 5.64. The van der Waals surface area contributed by atoms with Gasteiger partial charge in [-0.05, 0) is 26.0 Å². The Morgan fingerprint density at radius 2 is 1.83 bits per heavy atom. The molecular weight excluding hydrogens is 320 g/mol. The summed E-state index contributed by atoms with van der Waals surface area (Å²) < 4.78 is 9.87. The zero-order valence-corrected chi connectivity index (χ0v) is 14.2.